The van der Waals surface area contributed by atoms with Gasteiger partial charge in [0.2, 0.25) is 11.8 Å². The summed E-state index contributed by atoms with van der Waals surface area (Å²) in [7, 11) is 3.41. The molecule has 352 valence electrons. The Kier molecular flexibility index (Phi) is 11.7. The molecule has 10 heteroatoms. The first-order valence-electron chi connectivity index (χ1n) is 24.9. The third-order valence-corrected chi connectivity index (χ3v) is 16.1. The van der Waals surface area contributed by atoms with Gasteiger partial charge >= 0.3 is 0 Å². The van der Waals surface area contributed by atoms with Gasteiger partial charge in [0.05, 0.1) is 48.1 Å². The zero-order valence-corrected chi connectivity index (χ0v) is 39.9. The number of rotatable bonds is 14. The van der Waals surface area contributed by atoms with Crippen molar-refractivity contribution in [2.45, 2.75) is 50.0 Å². The molecule has 8 aromatic rings. The smallest absolute Gasteiger partial charge is 0.242 e. The summed E-state index contributed by atoms with van der Waals surface area (Å²) in [5.74, 6) is 4.32. The zero-order valence-electron chi connectivity index (χ0n) is 39.9. The van der Waals surface area contributed by atoms with Gasteiger partial charge < -0.3 is 18.9 Å². The summed E-state index contributed by atoms with van der Waals surface area (Å²) in [6.45, 7) is 12.4. The van der Waals surface area contributed by atoms with Crippen molar-refractivity contribution in [3.05, 3.63) is 170 Å². The molecule has 0 saturated carbocycles. The molecule has 0 aliphatic carbocycles. The van der Waals surface area contributed by atoms with E-state index in [2.05, 4.69) is 132 Å². The lowest BCUT2D eigenvalue weighted by molar-refractivity contribution is -0.0382. The van der Waals surface area contributed by atoms with Gasteiger partial charge in [-0.25, -0.2) is 0 Å². The van der Waals surface area contributed by atoms with E-state index < -0.39 is 12.2 Å². The van der Waals surface area contributed by atoms with Crippen LogP contribution in [-0.4, -0.2) is 82.4 Å². The number of piperidine rings is 6. The van der Waals surface area contributed by atoms with Crippen LogP contribution in [0.3, 0.4) is 0 Å². The molecule has 4 bridgehead atoms. The molecule has 14 rings (SSSR count). The number of aromatic nitrogens is 4. The highest BCUT2D eigenvalue weighted by Crippen LogP contribution is 2.49. The van der Waals surface area contributed by atoms with Crippen LogP contribution in [0.25, 0.3) is 54.8 Å². The Labute approximate surface area is 409 Å². The van der Waals surface area contributed by atoms with Gasteiger partial charge in [-0.15, -0.1) is 23.4 Å². The third-order valence-electron chi connectivity index (χ3n) is 16.1. The molecule has 0 spiro atoms. The first-order chi connectivity index (χ1) is 34.5. The number of nitrogens with zero attached hydrogens (tertiary/aromatic N) is 6. The van der Waals surface area contributed by atoms with Crippen molar-refractivity contribution in [1.82, 2.24) is 30.0 Å². The van der Waals surface area contributed by atoms with Gasteiger partial charge in [-0.2, -0.15) is 0 Å². The highest BCUT2D eigenvalue weighted by Gasteiger charge is 2.46. The van der Waals surface area contributed by atoms with Crippen LogP contribution < -0.4 is 18.9 Å². The summed E-state index contributed by atoms with van der Waals surface area (Å²) in [4.78, 5) is 14.8. The number of ether oxygens (including phenoxy) is 4. The normalized spacial score (nSPS) is 24.5. The molecule has 0 amide bonds. The number of pyridine rings is 2. The summed E-state index contributed by atoms with van der Waals surface area (Å²) in [6.07, 6.45) is 11.5. The van der Waals surface area contributed by atoms with E-state index >= 15 is 0 Å². The average Bonchev–Trinajstić information content (AvgIpc) is 3.43. The fraction of sp³-hybridized carbons (Fsp3) is 0.300. The number of benzene rings is 5. The summed E-state index contributed by atoms with van der Waals surface area (Å²) < 4.78 is 26.8. The Bertz CT molecular complexity index is 3020. The molecular weight excluding hydrogens is 869 g/mol. The van der Waals surface area contributed by atoms with E-state index in [-0.39, 0.29) is 12.1 Å². The van der Waals surface area contributed by atoms with Crippen molar-refractivity contribution in [2.24, 2.45) is 23.7 Å². The Hall–Kier alpha value is -7.14. The number of fused-ring (bicyclic) bond motifs is 9. The van der Waals surface area contributed by atoms with Crippen LogP contribution in [0, 0.1) is 23.7 Å². The van der Waals surface area contributed by atoms with E-state index in [1.165, 1.54) is 0 Å². The standard InChI is InChI=1S/C60H58N6O4/c1-5-37-35-65-27-23-41(37)29-55(65)57(45-21-25-61-53-19-17-43(67-3)31-49(45)53)69-59-51-33-47(39-13-9-7-10-14-39)48(40-15-11-8-12-16-40)34-52(51)60(64-63-59)70-58(56-30-42-24-28-66(56)36-38(42)6-2)46-22-26-62-54-20-18-44(68-4)32-50(46)54/h5-22,25-26,31-34,37-38,41-42,55-58H,1-2,23-24,27-30,35-36H2,3-4H3. The van der Waals surface area contributed by atoms with E-state index in [0.717, 1.165) is 129 Å². The molecule has 3 aromatic heterocycles. The largest absolute Gasteiger partial charge is 0.497 e. The zero-order chi connectivity index (χ0) is 47.3. The molecule has 6 aliphatic heterocycles. The molecule has 10 nitrogen and oxygen atoms in total. The van der Waals surface area contributed by atoms with E-state index in [4.69, 9.17) is 39.1 Å². The minimum absolute atomic E-state index is 0.0632. The predicted octanol–water partition coefficient (Wildman–Crippen LogP) is 12.1. The maximum Gasteiger partial charge on any atom is 0.242 e. The first-order valence-corrected chi connectivity index (χ1v) is 24.9. The highest BCUT2D eigenvalue weighted by molar-refractivity contribution is 6.00. The third kappa shape index (κ3) is 7.93. The monoisotopic (exact) mass is 926 g/mol. The van der Waals surface area contributed by atoms with Crippen LogP contribution in [0.1, 0.15) is 49.0 Å². The second kappa shape index (κ2) is 18.6. The van der Waals surface area contributed by atoms with Gasteiger partial charge in [0.1, 0.15) is 23.7 Å². The lowest BCUT2D eigenvalue weighted by atomic mass is 9.73. The number of hydrogen-bond donors (Lipinski definition) is 0. The SMILES string of the molecule is C=CC1CN2CCC1CC2C(Oc1nnc(OC(c2ccnc3ccc(OC)cc23)C2CC3CCN2CC3C=C)c2cc(-c3ccccc3)c(-c3ccccc3)cc12)c1ccnc2ccc(OC)cc12. The Morgan fingerprint density at radius 3 is 1.37 bits per heavy atom. The van der Waals surface area contributed by atoms with Crippen molar-refractivity contribution in [3.8, 4) is 45.5 Å². The Morgan fingerprint density at radius 1 is 0.543 bits per heavy atom. The Balaban J connectivity index is 1.07. The van der Waals surface area contributed by atoms with Gasteiger partial charge in [0.15, 0.2) is 0 Å². The maximum absolute atomic E-state index is 7.60. The second-order valence-corrected chi connectivity index (χ2v) is 19.6. The maximum atomic E-state index is 7.60. The predicted molar refractivity (Wildman–Crippen MR) is 277 cm³/mol. The first kappa shape index (κ1) is 44.1. The molecule has 6 fully saturated rings. The van der Waals surface area contributed by atoms with Crippen molar-refractivity contribution in [3.63, 3.8) is 0 Å². The van der Waals surface area contributed by atoms with Gasteiger partial charge in [-0.1, -0.05) is 72.8 Å². The fourth-order valence-electron chi connectivity index (χ4n) is 12.4. The topological polar surface area (TPSA) is 95.0 Å². The minimum Gasteiger partial charge on any atom is -0.497 e. The van der Waals surface area contributed by atoms with Crippen molar-refractivity contribution < 1.29 is 18.9 Å². The van der Waals surface area contributed by atoms with E-state index in [1.807, 2.05) is 36.7 Å². The van der Waals surface area contributed by atoms with Crippen molar-refractivity contribution >= 4 is 32.6 Å². The van der Waals surface area contributed by atoms with Gasteiger partial charge in [0, 0.05) is 47.4 Å². The molecule has 5 aromatic carbocycles. The molecule has 10 unspecified atom stereocenters. The summed E-state index contributed by atoms with van der Waals surface area (Å²) >= 11 is 0. The fourth-order valence-corrected chi connectivity index (χ4v) is 12.4. The lowest BCUT2D eigenvalue weighted by Gasteiger charge is -2.51. The van der Waals surface area contributed by atoms with E-state index in [9.17, 15) is 0 Å². The van der Waals surface area contributed by atoms with Crippen molar-refractivity contribution in [2.75, 3.05) is 40.4 Å². The van der Waals surface area contributed by atoms with Crippen LogP contribution in [0.2, 0.25) is 0 Å². The van der Waals surface area contributed by atoms with Crippen LogP contribution in [-0.2, 0) is 0 Å². The summed E-state index contributed by atoms with van der Waals surface area (Å²) in [6, 6.07) is 42.2. The highest BCUT2D eigenvalue weighted by atomic mass is 16.5. The van der Waals surface area contributed by atoms with Crippen LogP contribution >= 0.6 is 0 Å². The quantitative estimate of drug-likeness (QED) is 0.0981. The molecule has 6 saturated heterocycles. The van der Waals surface area contributed by atoms with Gasteiger partial charge in [0.25, 0.3) is 0 Å². The molecule has 9 heterocycles. The molecule has 0 N–H and O–H groups in total. The second-order valence-electron chi connectivity index (χ2n) is 19.6. The number of methoxy groups -OCH3 is 2. The lowest BCUT2D eigenvalue weighted by Crippen LogP contribution is -2.55. The molecule has 6 aliphatic rings. The summed E-state index contributed by atoms with van der Waals surface area (Å²) in [5, 5.41) is 13.9. The summed E-state index contributed by atoms with van der Waals surface area (Å²) in [5.41, 5.74) is 8.12. The molecule has 70 heavy (non-hydrogen) atoms. The molecule has 0 radical (unpaired) electrons. The Morgan fingerprint density at radius 2 is 0.986 bits per heavy atom. The van der Waals surface area contributed by atoms with E-state index in [1.54, 1.807) is 14.2 Å². The van der Waals surface area contributed by atoms with Crippen LogP contribution in [0.4, 0.5) is 0 Å². The average molecular weight is 927 g/mol. The molecular formula is C60H58N6O4. The van der Waals surface area contributed by atoms with Crippen LogP contribution in [0.5, 0.6) is 23.3 Å². The van der Waals surface area contributed by atoms with Gasteiger partial charge in [-0.3, -0.25) is 19.8 Å². The van der Waals surface area contributed by atoms with Crippen LogP contribution in [0.15, 0.2) is 159 Å². The van der Waals surface area contributed by atoms with E-state index in [0.29, 0.717) is 35.4 Å². The van der Waals surface area contributed by atoms with Crippen molar-refractivity contribution in [1.29, 1.82) is 0 Å². The van der Waals surface area contributed by atoms with Gasteiger partial charge in [-0.05, 0) is 145 Å². The minimum atomic E-state index is -0.418. The number of hydrogen-bond acceptors (Lipinski definition) is 10. The molecule has 10 atom stereocenters.